The largest absolute Gasteiger partial charge is 0.497 e. The van der Waals surface area contributed by atoms with Crippen molar-refractivity contribution in [1.82, 2.24) is 10.2 Å². The summed E-state index contributed by atoms with van der Waals surface area (Å²) in [6, 6.07) is 7.78. The van der Waals surface area contributed by atoms with Crippen LogP contribution in [0.4, 0.5) is 0 Å². The van der Waals surface area contributed by atoms with Crippen LogP contribution in [-0.2, 0) is 0 Å². The van der Waals surface area contributed by atoms with Crippen LogP contribution in [-0.4, -0.2) is 17.3 Å². The van der Waals surface area contributed by atoms with E-state index in [1.165, 1.54) is 11.3 Å². The fourth-order valence-electron chi connectivity index (χ4n) is 1.05. The Morgan fingerprint density at radius 1 is 1.38 bits per heavy atom. The maximum atomic E-state index is 5.11. The van der Waals surface area contributed by atoms with Crippen molar-refractivity contribution in [1.29, 1.82) is 0 Å². The summed E-state index contributed by atoms with van der Waals surface area (Å²) in [5.74, 6) is 0.840. The highest BCUT2D eigenvalue weighted by Crippen LogP contribution is 2.24. The molecule has 13 heavy (non-hydrogen) atoms. The van der Waals surface area contributed by atoms with E-state index in [0.29, 0.717) is 0 Å². The molecule has 66 valence electrons. The standard InChI is InChI=1S/C9H8N2OS/c1-12-8-4-2-3-7(5-8)9-11-10-6-13-9/h2-6H,1H3. The van der Waals surface area contributed by atoms with Crippen molar-refractivity contribution in [2.45, 2.75) is 0 Å². The number of methoxy groups -OCH3 is 1. The van der Waals surface area contributed by atoms with Gasteiger partial charge in [0.2, 0.25) is 0 Å². The summed E-state index contributed by atoms with van der Waals surface area (Å²) in [4.78, 5) is 0. The first-order valence-electron chi connectivity index (χ1n) is 3.81. The Kier molecular flexibility index (Phi) is 2.23. The molecule has 0 radical (unpaired) electrons. The van der Waals surface area contributed by atoms with Crippen LogP contribution < -0.4 is 4.74 Å². The first-order valence-corrected chi connectivity index (χ1v) is 4.69. The van der Waals surface area contributed by atoms with E-state index in [-0.39, 0.29) is 0 Å². The first kappa shape index (κ1) is 8.19. The fraction of sp³-hybridized carbons (Fsp3) is 0.111. The number of hydrogen-bond donors (Lipinski definition) is 0. The van der Waals surface area contributed by atoms with Crippen molar-refractivity contribution in [2.24, 2.45) is 0 Å². The molecule has 3 nitrogen and oxygen atoms in total. The van der Waals surface area contributed by atoms with Crippen LogP contribution in [0.25, 0.3) is 10.6 Å². The molecule has 0 atom stereocenters. The molecule has 2 rings (SSSR count). The monoisotopic (exact) mass is 192 g/mol. The van der Waals surface area contributed by atoms with Gasteiger partial charge in [-0.15, -0.1) is 10.2 Å². The quantitative estimate of drug-likeness (QED) is 0.731. The van der Waals surface area contributed by atoms with E-state index >= 15 is 0 Å². The summed E-state index contributed by atoms with van der Waals surface area (Å²) in [6.07, 6.45) is 0. The van der Waals surface area contributed by atoms with Gasteiger partial charge in [-0.25, -0.2) is 0 Å². The van der Waals surface area contributed by atoms with Crippen LogP contribution in [0.5, 0.6) is 5.75 Å². The average Bonchev–Trinajstić information content (AvgIpc) is 2.71. The van der Waals surface area contributed by atoms with E-state index < -0.39 is 0 Å². The first-order chi connectivity index (χ1) is 6.40. The summed E-state index contributed by atoms with van der Waals surface area (Å²) in [7, 11) is 1.65. The molecule has 0 aliphatic heterocycles. The summed E-state index contributed by atoms with van der Waals surface area (Å²) >= 11 is 1.52. The van der Waals surface area contributed by atoms with Gasteiger partial charge >= 0.3 is 0 Å². The number of nitrogens with zero attached hydrogens (tertiary/aromatic N) is 2. The van der Waals surface area contributed by atoms with Crippen LogP contribution in [0.3, 0.4) is 0 Å². The zero-order chi connectivity index (χ0) is 9.10. The van der Waals surface area contributed by atoms with Crippen LogP contribution >= 0.6 is 11.3 Å². The molecule has 0 unspecified atom stereocenters. The lowest BCUT2D eigenvalue weighted by atomic mass is 10.2. The molecular weight excluding hydrogens is 184 g/mol. The highest BCUT2D eigenvalue weighted by atomic mass is 32.1. The van der Waals surface area contributed by atoms with Gasteiger partial charge in [0.1, 0.15) is 16.3 Å². The second kappa shape index (κ2) is 3.53. The minimum Gasteiger partial charge on any atom is -0.497 e. The van der Waals surface area contributed by atoms with Gasteiger partial charge in [-0.2, -0.15) is 0 Å². The van der Waals surface area contributed by atoms with E-state index in [4.69, 9.17) is 4.74 Å². The lowest BCUT2D eigenvalue weighted by Crippen LogP contribution is -1.83. The predicted octanol–water partition coefficient (Wildman–Crippen LogP) is 2.21. The molecule has 0 amide bonds. The van der Waals surface area contributed by atoms with Gasteiger partial charge in [0.15, 0.2) is 0 Å². The van der Waals surface area contributed by atoms with Crippen molar-refractivity contribution in [3.63, 3.8) is 0 Å². The third-order valence-corrected chi connectivity index (χ3v) is 2.42. The number of aromatic nitrogens is 2. The Balaban J connectivity index is 2.41. The maximum absolute atomic E-state index is 5.11. The number of hydrogen-bond acceptors (Lipinski definition) is 4. The molecule has 2 aromatic rings. The van der Waals surface area contributed by atoms with Crippen molar-refractivity contribution in [3.8, 4) is 16.3 Å². The minimum atomic E-state index is 0.840. The van der Waals surface area contributed by atoms with Crippen LogP contribution in [0.1, 0.15) is 0 Å². The van der Waals surface area contributed by atoms with Gasteiger partial charge in [0.05, 0.1) is 7.11 Å². The molecule has 0 N–H and O–H groups in total. The zero-order valence-electron chi connectivity index (χ0n) is 7.10. The highest BCUT2D eigenvalue weighted by Gasteiger charge is 2.01. The molecule has 0 aliphatic rings. The summed E-state index contributed by atoms with van der Waals surface area (Å²) < 4.78 is 5.11. The second-order valence-electron chi connectivity index (χ2n) is 2.48. The smallest absolute Gasteiger partial charge is 0.147 e. The van der Waals surface area contributed by atoms with Gasteiger partial charge < -0.3 is 4.74 Å². The SMILES string of the molecule is COc1cccc(-c2nncs2)c1. The fourth-order valence-corrected chi connectivity index (χ4v) is 1.61. The molecule has 0 fully saturated rings. The molecule has 1 heterocycles. The average molecular weight is 192 g/mol. The van der Waals surface area contributed by atoms with E-state index in [0.717, 1.165) is 16.3 Å². The molecule has 1 aromatic carbocycles. The van der Waals surface area contributed by atoms with E-state index in [1.54, 1.807) is 12.6 Å². The Bertz CT molecular complexity index is 386. The number of rotatable bonds is 2. The molecule has 1 aromatic heterocycles. The van der Waals surface area contributed by atoms with Gasteiger partial charge in [0.25, 0.3) is 0 Å². The minimum absolute atomic E-state index is 0.840. The highest BCUT2D eigenvalue weighted by molar-refractivity contribution is 7.12. The van der Waals surface area contributed by atoms with E-state index in [9.17, 15) is 0 Å². The Labute approximate surface area is 80.0 Å². The topological polar surface area (TPSA) is 35.0 Å². The zero-order valence-corrected chi connectivity index (χ0v) is 7.91. The van der Waals surface area contributed by atoms with Gasteiger partial charge in [-0.05, 0) is 12.1 Å². The predicted molar refractivity (Wildman–Crippen MR) is 51.9 cm³/mol. The van der Waals surface area contributed by atoms with E-state index in [2.05, 4.69) is 10.2 Å². The van der Waals surface area contributed by atoms with Gasteiger partial charge in [0, 0.05) is 5.56 Å². The Morgan fingerprint density at radius 2 is 2.31 bits per heavy atom. The van der Waals surface area contributed by atoms with Gasteiger partial charge in [-0.1, -0.05) is 23.5 Å². The molecule has 0 bridgehead atoms. The Morgan fingerprint density at radius 3 is 3.00 bits per heavy atom. The normalized spacial score (nSPS) is 9.92. The lowest BCUT2D eigenvalue weighted by Gasteiger charge is -2.00. The summed E-state index contributed by atoms with van der Waals surface area (Å²) in [5.41, 5.74) is 2.76. The lowest BCUT2D eigenvalue weighted by molar-refractivity contribution is 0.415. The summed E-state index contributed by atoms with van der Waals surface area (Å²) in [5, 5.41) is 8.67. The third-order valence-electron chi connectivity index (χ3n) is 1.68. The van der Waals surface area contributed by atoms with Crippen molar-refractivity contribution in [2.75, 3.05) is 7.11 Å². The van der Waals surface area contributed by atoms with E-state index in [1.807, 2.05) is 24.3 Å². The van der Waals surface area contributed by atoms with Crippen molar-refractivity contribution >= 4 is 11.3 Å². The summed E-state index contributed by atoms with van der Waals surface area (Å²) in [6.45, 7) is 0. The third kappa shape index (κ3) is 1.67. The van der Waals surface area contributed by atoms with Crippen molar-refractivity contribution in [3.05, 3.63) is 29.8 Å². The Hall–Kier alpha value is -1.42. The molecule has 0 spiro atoms. The molecule has 0 saturated heterocycles. The molecule has 4 heteroatoms. The number of benzene rings is 1. The second-order valence-corrected chi connectivity index (χ2v) is 3.31. The van der Waals surface area contributed by atoms with Crippen molar-refractivity contribution < 1.29 is 4.74 Å². The molecule has 0 aliphatic carbocycles. The number of ether oxygens (including phenoxy) is 1. The van der Waals surface area contributed by atoms with Gasteiger partial charge in [-0.3, -0.25) is 0 Å². The van der Waals surface area contributed by atoms with Crippen LogP contribution in [0.2, 0.25) is 0 Å². The van der Waals surface area contributed by atoms with Crippen LogP contribution in [0.15, 0.2) is 29.8 Å². The van der Waals surface area contributed by atoms with Crippen LogP contribution in [0, 0.1) is 0 Å². The molecular formula is C9H8N2OS. The molecule has 0 saturated carbocycles. The maximum Gasteiger partial charge on any atom is 0.147 e.